The molecule has 0 saturated heterocycles. The molecule has 3 rings (SSSR count). The fraction of sp³-hybridized carbons (Fsp3) is 0.105. The molecule has 0 aliphatic heterocycles. The van der Waals surface area contributed by atoms with Crippen LogP contribution in [0.25, 0.3) is 5.69 Å². The second-order valence-electron chi connectivity index (χ2n) is 5.60. The fourth-order valence-electron chi connectivity index (χ4n) is 2.42. The van der Waals surface area contributed by atoms with Crippen molar-refractivity contribution in [3.05, 3.63) is 86.7 Å². The predicted molar refractivity (Wildman–Crippen MR) is 102 cm³/mol. The van der Waals surface area contributed by atoms with E-state index >= 15 is 0 Å². The summed E-state index contributed by atoms with van der Waals surface area (Å²) in [6, 6.07) is 17.6. The number of benzene rings is 2. The third-order valence-corrected chi connectivity index (χ3v) is 4.27. The molecule has 0 saturated carbocycles. The lowest BCUT2D eigenvalue weighted by atomic mass is 10.1. The second kappa shape index (κ2) is 7.97. The average Bonchev–Trinajstić information content (AvgIpc) is 2.63. The second-order valence-corrected chi connectivity index (χ2v) is 6.51. The first-order valence-electron chi connectivity index (χ1n) is 7.96. The van der Waals surface area contributed by atoms with Crippen molar-refractivity contribution in [3.63, 3.8) is 0 Å². The van der Waals surface area contributed by atoms with E-state index in [4.69, 9.17) is 0 Å². The minimum atomic E-state index is -0.538. The van der Waals surface area contributed by atoms with E-state index in [2.05, 4.69) is 26.3 Å². The number of carbonyl (C=O) groups excluding carboxylic acids is 1. The van der Waals surface area contributed by atoms with E-state index in [1.165, 1.54) is 0 Å². The highest BCUT2D eigenvalue weighted by atomic mass is 79.9. The largest absolute Gasteiger partial charge is 0.505 e. The Hall–Kier alpha value is -2.93. The van der Waals surface area contributed by atoms with Crippen molar-refractivity contribution in [1.29, 1.82) is 0 Å². The van der Waals surface area contributed by atoms with E-state index in [9.17, 15) is 14.7 Å². The van der Waals surface area contributed by atoms with Gasteiger partial charge in [0.1, 0.15) is 0 Å². The van der Waals surface area contributed by atoms with E-state index < -0.39 is 17.2 Å². The first-order valence-corrected chi connectivity index (χ1v) is 8.75. The number of nitrogens with one attached hydrogen (secondary N) is 1. The zero-order valence-corrected chi connectivity index (χ0v) is 15.3. The summed E-state index contributed by atoms with van der Waals surface area (Å²) in [7, 11) is 0. The molecule has 7 heteroatoms. The number of aromatic nitrogens is 2. The summed E-state index contributed by atoms with van der Waals surface area (Å²) in [5.74, 6) is -0.982. The van der Waals surface area contributed by atoms with Crippen molar-refractivity contribution in [2.24, 2.45) is 0 Å². The summed E-state index contributed by atoms with van der Waals surface area (Å²) in [6.07, 6.45) is 0.652. The van der Waals surface area contributed by atoms with E-state index in [0.717, 1.165) is 20.8 Å². The number of nitrogens with zero attached hydrogens (tertiary/aromatic N) is 2. The Morgan fingerprint density at radius 1 is 1.12 bits per heavy atom. The van der Waals surface area contributed by atoms with Gasteiger partial charge in [-0.25, -0.2) is 0 Å². The van der Waals surface area contributed by atoms with Crippen molar-refractivity contribution in [1.82, 2.24) is 15.1 Å². The van der Waals surface area contributed by atoms with Crippen LogP contribution in [0.1, 0.15) is 16.1 Å². The number of hydrogen-bond acceptors (Lipinski definition) is 4. The predicted octanol–water partition coefficient (Wildman–Crippen LogP) is 2.67. The lowest BCUT2D eigenvalue weighted by molar-refractivity contribution is 0.0944. The molecule has 1 amide bonds. The molecule has 0 fully saturated rings. The number of aromatic hydroxyl groups is 1. The molecule has 0 unspecified atom stereocenters. The van der Waals surface area contributed by atoms with Crippen LogP contribution in [0.2, 0.25) is 0 Å². The summed E-state index contributed by atoms with van der Waals surface area (Å²) < 4.78 is 1.94. The summed E-state index contributed by atoms with van der Waals surface area (Å²) in [6.45, 7) is 0.390. The van der Waals surface area contributed by atoms with Crippen LogP contribution in [0.3, 0.4) is 0 Å². The third kappa shape index (κ3) is 4.18. The van der Waals surface area contributed by atoms with Gasteiger partial charge in [-0.1, -0.05) is 46.3 Å². The molecular weight excluding hydrogens is 398 g/mol. The van der Waals surface area contributed by atoms with Gasteiger partial charge in [-0.3, -0.25) is 9.59 Å². The molecule has 0 spiro atoms. The third-order valence-electron chi connectivity index (χ3n) is 3.74. The van der Waals surface area contributed by atoms with Gasteiger partial charge in [0.2, 0.25) is 0 Å². The summed E-state index contributed by atoms with van der Waals surface area (Å²) in [5.41, 5.74) is 0.868. The van der Waals surface area contributed by atoms with Gasteiger partial charge in [0.25, 0.3) is 11.5 Å². The Morgan fingerprint density at radius 2 is 1.81 bits per heavy atom. The van der Waals surface area contributed by atoms with Crippen LogP contribution in [0.4, 0.5) is 0 Å². The molecule has 0 bridgehead atoms. The van der Waals surface area contributed by atoms with E-state index in [1.54, 1.807) is 24.3 Å². The maximum absolute atomic E-state index is 12.3. The highest BCUT2D eigenvalue weighted by molar-refractivity contribution is 9.10. The Kier molecular flexibility index (Phi) is 5.48. The van der Waals surface area contributed by atoms with E-state index in [-0.39, 0.29) is 5.69 Å². The molecule has 0 aliphatic rings. The highest BCUT2D eigenvalue weighted by Gasteiger charge is 2.16. The first kappa shape index (κ1) is 17.9. The molecule has 1 heterocycles. The number of amides is 1. The van der Waals surface area contributed by atoms with Crippen molar-refractivity contribution in [2.75, 3.05) is 6.54 Å². The first-order chi connectivity index (χ1) is 12.5. The molecule has 2 N–H and O–H groups in total. The van der Waals surface area contributed by atoms with Gasteiger partial charge < -0.3 is 10.4 Å². The van der Waals surface area contributed by atoms with Gasteiger partial charge in [0, 0.05) is 17.1 Å². The van der Waals surface area contributed by atoms with Crippen LogP contribution in [-0.4, -0.2) is 27.3 Å². The van der Waals surface area contributed by atoms with Gasteiger partial charge >= 0.3 is 0 Å². The van der Waals surface area contributed by atoms with Crippen molar-refractivity contribution in [2.45, 2.75) is 6.42 Å². The minimum absolute atomic E-state index is 0.194. The van der Waals surface area contributed by atoms with Crippen molar-refractivity contribution in [3.8, 4) is 11.4 Å². The monoisotopic (exact) mass is 413 g/mol. The zero-order valence-electron chi connectivity index (χ0n) is 13.7. The van der Waals surface area contributed by atoms with E-state index in [1.807, 2.05) is 30.3 Å². The molecule has 132 valence electrons. The molecule has 3 aromatic rings. The minimum Gasteiger partial charge on any atom is -0.505 e. The van der Waals surface area contributed by atoms with E-state index in [0.29, 0.717) is 18.7 Å². The van der Waals surface area contributed by atoms with Gasteiger partial charge in [-0.2, -0.15) is 9.78 Å². The molecule has 0 radical (unpaired) electrons. The highest BCUT2D eigenvalue weighted by Crippen LogP contribution is 2.15. The Balaban J connectivity index is 1.78. The molecule has 1 aromatic heterocycles. The average molecular weight is 414 g/mol. The van der Waals surface area contributed by atoms with Gasteiger partial charge in [-0.05, 0) is 36.2 Å². The van der Waals surface area contributed by atoms with Crippen LogP contribution in [0.15, 0.2) is 69.9 Å². The van der Waals surface area contributed by atoms with Crippen LogP contribution in [-0.2, 0) is 6.42 Å². The Bertz CT molecular complexity index is 970. The summed E-state index contributed by atoms with van der Waals surface area (Å²) in [4.78, 5) is 24.4. The molecule has 0 aliphatic carbocycles. The number of halogens is 1. The standard InChI is InChI=1S/C19H16BrN3O3/c20-14-6-8-15(9-7-14)23-17(25)12-16(24)18(22-23)19(26)21-11-10-13-4-2-1-3-5-13/h1-9,12,24H,10-11H2,(H,21,26). The smallest absolute Gasteiger partial charge is 0.275 e. The molecule has 0 atom stereocenters. The fourth-order valence-corrected chi connectivity index (χ4v) is 2.69. The SMILES string of the molecule is O=C(NCCc1ccccc1)c1nn(-c2ccc(Br)cc2)c(=O)cc1O. The van der Waals surface area contributed by atoms with Crippen molar-refractivity contribution < 1.29 is 9.90 Å². The zero-order chi connectivity index (χ0) is 18.5. The van der Waals surface area contributed by atoms with Gasteiger partial charge in [0.05, 0.1) is 5.69 Å². The normalized spacial score (nSPS) is 10.5. The van der Waals surface area contributed by atoms with Gasteiger partial charge in [-0.15, -0.1) is 0 Å². The van der Waals surface area contributed by atoms with Crippen LogP contribution >= 0.6 is 15.9 Å². The molecular formula is C19H16BrN3O3. The molecule has 2 aromatic carbocycles. The number of hydrogen-bond donors (Lipinski definition) is 2. The Labute approximate surface area is 158 Å². The number of rotatable bonds is 5. The lowest BCUT2D eigenvalue weighted by Gasteiger charge is -2.09. The summed E-state index contributed by atoms with van der Waals surface area (Å²) in [5, 5.41) is 16.7. The van der Waals surface area contributed by atoms with Crippen molar-refractivity contribution >= 4 is 21.8 Å². The van der Waals surface area contributed by atoms with Crippen LogP contribution in [0, 0.1) is 0 Å². The molecule has 26 heavy (non-hydrogen) atoms. The quantitative estimate of drug-likeness (QED) is 0.673. The number of carbonyl (C=O) groups is 1. The maximum Gasteiger partial charge on any atom is 0.275 e. The topological polar surface area (TPSA) is 84.2 Å². The van der Waals surface area contributed by atoms with Crippen LogP contribution < -0.4 is 10.9 Å². The Morgan fingerprint density at radius 3 is 2.50 bits per heavy atom. The van der Waals surface area contributed by atoms with Crippen LogP contribution in [0.5, 0.6) is 5.75 Å². The lowest BCUT2D eigenvalue weighted by Crippen LogP contribution is -2.30. The van der Waals surface area contributed by atoms with Gasteiger partial charge in [0.15, 0.2) is 11.4 Å². The molecule has 6 nitrogen and oxygen atoms in total. The maximum atomic E-state index is 12.3. The summed E-state index contributed by atoms with van der Waals surface area (Å²) >= 11 is 3.32.